The minimum absolute atomic E-state index is 0.0808. The van der Waals surface area contributed by atoms with Crippen molar-refractivity contribution in [2.75, 3.05) is 26.4 Å². The monoisotopic (exact) mass is 774 g/mol. The number of phosphoric acid groups is 1. The molecule has 0 aromatic carbocycles. The van der Waals surface area contributed by atoms with Crippen molar-refractivity contribution in [1.82, 2.24) is 5.32 Å². The van der Waals surface area contributed by atoms with Crippen LogP contribution in [0.4, 0.5) is 0 Å². The molecule has 1 amide bonds. The first-order valence-electron chi connectivity index (χ1n) is 22.2. The van der Waals surface area contributed by atoms with Crippen LogP contribution in [0.15, 0.2) is 12.2 Å². The van der Waals surface area contributed by atoms with Crippen molar-refractivity contribution in [2.45, 2.75) is 225 Å². The quantitative estimate of drug-likeness (QED) is 0.0242. The Labute approximate surface area is 326 Å². The van der Waals surface area contributed by atoms with Crippen molar-refractivity contribution in [3.05, 3.63) is 12.2 Å². The molecular formula is C43H84NO8P. The van der Waals surface area contributed by atoms with Gasteiger partial charge in [-0.25, -0.2) is 4.57 Å². The van der Waals surface area contributed by atoms with E-state index in [9.17, 15) is 24.2 Å². The molecule has 0 spiro atoms. The normalized spacial score (nSPS) is 13.4. The van der Waals surface area contributed by atoms with E-state index < -0.39 is 26.5 Å². The second-order valence-electron chi connectivity index (χ2n) is 15.0. The fourth-order valence-corrected chi connectivity index (χ4v) is 7.07. The Kier molecular flexibility index (Phi) is 39.5. The summed E-state index contributed by atoms with van der Waals surface area (Å²) >= 11 is 0. The largest absolute Gasteiger partial charge is 0.472 e. The Bertz CT molecular complexity index is 886. The van der Waals surface area contributed by atoms with Gasteiger partial charge in [0.2, 0.25) is 5.91 Å². The number of rotatable bonds is 42. The lowest BCUT2D eigenvalue weighted by molar-refractivity contribution is -0.147. The van der Waals surface area contributed by atoms with E-state index in [1.807, 2.05) is 0 Å². The predicted molar refractivity (Wildman–Crippen MR) is 220 cm³/mol. The van der Waals surface area contributed by atoms with Crippen molar-refractivity contribution in [3.63, 3.8) is 0 Å². The van der Waals surface area contributed by atoms with Crippen LogP contribution in [0.5, 0.6) is 0 Å². The molecule has 10 heteroatoms. The molecule has 0 bridgehead atoms. The molecule has 0 rings (SSSR count). The molecule has 0 saturated heterocycles. The summed E-state index contributed by atoms with van der Waals surface area (Å²) in [6.45, 7) is 3.57. The van der Waals surface area contributed by atoms with E-state index >= 15 is 0 Å². The summed E-state index contributed by atoms with van der Waals surface area (Å²) < 4.78 is 26.9. The number of hydrogen-bond donors (Lipinski definition) is 3. The summed E-state index contributed by atoms with van der Waals surface area (Å²) in [7, 11) is -4.41. The fourth-order valence-electron chi connectivity index (χ4n) is 6.32. The summed E-state index contributed by atoms with van der Waals surface area (Å²) in [4.78, 5) is 33.9. The Morgan fingerprint density at radius 3 is 1.42 bits per heavy atom. The van der Waals surface area contributed by atoms with Crippen LogP contribution in [0.25, 0.3) is 0 Å². The van der Waals surface area contributed by atoms with Gasteiger partial charge in [0, 0.05) is 19.4 Å². The van der Waals surface area contributed by atoms with Gasteiger partial charge < -0.3 is 20.1 Å². The minimum Gasteiger partial charge on any atom is -0.463 e. The first-order chi connectivity index (χ1) is 25.8. The number of unbranched alkanes of at least 4 members (excludes halogenated alkanes) is 27. The maximum atomic E-state index is 12.1. The number of allylic oxidation sites excluding steroid dienone is 2. The highest BCUT2D eigenvalue weighted by Crippen LogP contribution is 2.42. The van der Waals surface area contributed by atoms with Crippen LogP contribution in [-0.2, 0) is 27.9 Å². The second kappa shape index (κ2) is 40.4. The van der Waals surface area contributed by atoms with Crippen molar-refractivity contribution in [1.29, 1.82) is 0 Å². The van der Waals surface area contributed by atoms with Crippen LogP contribution < -0.4 is 5.32 Å². The van der Waals surface area contributed by atoms with Crippen LogP contribution in [-0.4, -0.2) is 54.3 Å². The SMILES string of the molecule is CCCCCCCCC/C=C\CCCCCCCC(=O)NCCOP(=O)(O)OCC(O)COC(=O)CCCCCCCCCCCCCCCCCC. The summed E-state index contributed by atoms with van der Waals surface area (Å²) in [6.07, 6.45) is 41.4. The molecule has 53 heavy (non-hydrogen) atoms. The molecule has 0 aliphatic heterocycles. The van der Waals surface area contributed by atoms with Crippen molar-refractivity contribution >= 4 is 19.7 Å². The van der Waals surface area contributed by atoms with Gasteiger partial charge in [-0.2, -0.15) is 0 Å². The maximum absolute atomic E-state index is 12.1. The zero-order chi connectivity index (χ0) is 38.9. The van der Waals surface area contributed by atoms with Crippen LogP contribution in [0.3, 0.4) is 0 Å². The van der Waals surface area contributed by atoms with Gasteiger partial charge in [0.05, 0.1) is 13.2 Å². The molecule has 314 valence electrons. The molecule has 0 aromatic rings. The van der Waals surface area contributed by atoms with E-state index in [0.717, 1.165) is 44.9 Å². The lowest BCUT2D eigenvalue weighted by atomic mass is 10.0. The van der Waals surface area contributed by atoms with Crippen LogP contribution in [0, 0.1) is 0 Å². The number of esters is 1. The van der Waals surface area contributed by atoms with Gasteiger partial charge in [-0.05, 0) is 38.5 Å². The number of carbonyl (C=O) groups excluding carboxylic acids is 2. The number of carbonyl (C=O) groups is 2. The number of nitrogens with one attached hydrogen (secondary N) is 1. The molecular weight excluding hydrogens is 689 g/mol. The molecule has 9 nitrogen and oxygen atoms in total. The predicted octanol–water partition coefficient (Wildman–Crippen LogP) is 12.2. The van der Waals surface area contributed by atoms with E-state index in [2.05, 4.69) is 31.3 Å². The van der Waals surface area contributed by atoms with Gasteiger partial charge in [0.1, 0.15) is 12.7 Å². The minimum atomic E-state index is -4.41. The average molecular weight is 774 g/mol. The van der Waals surface area contributed by atoms with Crippen LogP contribution >= 0.6 is 7.82 Å². The Balaban J connectivity index is 3.57. The van der Waals surface area contributed by atoms with Gasteiger partial charge in [-0.3, -0.25) is 18.6 Å². The highest BCUT2D eigenvalue weighted by Gasteiger charge is 2.23. The van der Waals surface area contributed by atoms with E-state index in [0.29, 0.717) is 6.42 Å². The second-order valence-corrected chi connectivity index (χ2v) is 16.5. The van der Waals surface area contributed by atoms with Gasteiger partial charge in [0.25, 0.3) is 0 Å². The molecule has 0 heterocycles. The topological polar surface area (TPSA) is 131 Å². The van der Waals surface area contributed by atoms with Gasteiger partial charge >= 0.3 is 13.8 Å². The molecule has 0 radical (unpaired) electrons. The third-order valence-electron chi connectivity index (χ3n) is 9.70. The highest BCUT2D eigenvalue weighted by atomic mass is 31.2. The van der Waals surface area contributed by atoms with E-state index in [4.69, 9.17) is 13.8 Å². The first kappa shape index (κ1) is 51.8. The van der Waals surface area contributed by atoms with Gasteiger partial charge in [-0.15, -0.1) is 0 Å². The zero-order valence-corrected chi connectivity index (χ0v) is 35.4. The average Bonchev–Trinajstić information content (AvgIpc) is 3.14. The summed E-state index contributed by atoms with van der Waals surface area (Å²) in [6, 6.07) is 0. The Morgan fingerprint density at radius 2 is 0.962 bits per heavy atom. The molecule has 0 aromatic heterocycles. The Hall–Kier alpha value is -1.25. The van der Waals surface area contributed by atoms with Crippen LogP contribution in [0.2, 0.25) is 0 Å². The molecule has 2 atom stereocenters. The molecule has 0 aliphatic carbocycles. The number of hydrogen-bond acceptors (Lipinski definition) is 7. The lowest BCUT2D eigenvalue weighted by Crippen LogP contribution is -2.27. The molecule has 0 aliphatic rings. The summed E-state index contributed by atoms with van der Waals surface area (Å²) in [5.41, 5.74) is 0. The molecule has 0 fully saturated rings. The van der Waals surface area contributed by atoms with Gasteiger partial charge in [0.15, 0.2) is 0 Å². The third-order valence-corrected chi connectivity index (χ3v) is 10.7. The first-order valence-corrected chi connectivity index (χ1v) is 23.7. The van der Waals surface area contributed by atoms with E-state index in [-0.39, 0.29) is 32.1 Å². The third kappa shape index (κ3) is 41.7. The standard InChI is InChI=1S/C43H84NO8P/c1-3-5-7-9-11-13-15-17-19-21-23-25-27-29-31-33-35-42(46)44-37-38-51-53(48,49)52-40-41(45)39-50-43(47)36-34-32-30-28-26-24-22-20-18-16-14-12-10-8-6-4-2/h19,21,41,45H,3-18,20,22-40H2,1-2H3,(H,44,46)(H,48,49)/b21-19-. The summed E-state index contributed by atoms with van der Waals surface area (Å²) in [5.74, 6) is -0.516. The van der Waals surface area contributed by atoms with Crippen molar-refractivity contribution < 1.29 is 37.9 Å². The number of aliphatic hydroxyl groups is 1. The number of phosphoric ester groups is 1. The summed E-state index contributed by atoms with van der Waals surface area (Å²) in [5, 5.41) is 12.7. The number of amides is 1. The lowest BCUT2D eigenvalue weighted by Gasteiger charge is -2.15. The molecule has 2 unspecified atom stereocenters. The Morgan fingerprint density at radius 1 is 0.566 bits per heavy atom. The smallest absolute Gasteiger partial charge is 0.463 e. The highest BCUT2D eigenvalue weighted by molar-refractivity contribution is 7.47. The molecule has 0 saturated carbocycles. The molecule has 3 N–H and O–H groups in total. The van der Waals surface area contributed by atoms with E-state index in [1.165, 1.54) is 148 Å². The zero-order valence-electron chi connectivity index (χ0n) is 34.5. The van der Waals surface area contributed by atoms with Gasteiger partial charge in [-0.1, -0.05) is 180 Å². The van der Waals surface area contributed by atoms with E-state index in [1.54, 1.807) is 0 Å². The maximum Gasteiger partial charge on any atom is 0.472 e. The van der Waals surface area contributed by atoms with Crippen LogP contribution in [0.1, 0.15) is 219 Å². The number of ether oxygens (including phenoxy) is 1. The number of aliphatic hydroxyl groups excluding tert-OH is 1. The fraction of sp³-hybridized carbons (Fsp3) is 0.907. The van der Waals surface area contributed by atoms with Crippen molar-refractivity contribution in [3.8, 4) is 0 Å². The van der Waals surface area contributed by atoms with Crippen molar-refractivity contribution in [2.24, 2.45) is 0 Å².